The molecule has 0 heterocycles. The molecule has 1 aromatic carbocycles. The summed E-state index contributed by atoms with van der Waals surface area (Å²) in [5, 5.41) is 0. The van der Waals surface area contributed by atoms with E-state index >= 15 is 0 Å². The second-order valence-electron chi connectivity index (χ2n) is 2.69. The van der Waals surface area contributed by atoms with Gasteiger partial charge in [0, 0.05) is 0 Å². The van der Waals surface area contributed by atoms with Gasteiger partial charge in [0.25, 0.3) is 0 Å². The summed E-state index contributed by atoms with van der Waals surface area (Å²) in [5.41, 5.74) is 0.0752. The number of halogens is 2. The van der Waals surface area contributed by atoms with Gasteiger partial charge in [0.2, 0.25) is 0 Å². The first-order chi connectivity index (χ1) is 7.10. The maximum atomic E-state index is 13.1. The molecule has 0 unspecified atom stereocenters. The van der Waals surface area contributed by atoms with E-state index in [0.29, 0.717) is 4.47 Å². The monoisotopic (exact) mass is 276 g/mol. The van der Waals surface area contributed by atoms with Crippen LogP contribution < -0.4 is 4.74 Å². The van der Waals surface area contributed by atoms with Gasteiger partial charge in [-0.15, -0.1) is 0 Å². The Morgan fingerprint density at radius 3 is 2.73 bits per heavy atom. The molecular weight excluding hydrogens is 267 g/mol. The number of ether oxygens (including phenoxy) is 2. The van der Waals surface area contributed by atoms with Crippen LogP contribution in [0.2, 0.25) is 0 Å². The molecule has 0 aliphatic heterocycles. The standard InChI is InChI=1S/C10H10BrFO3/c1-3-15-10(13)7-4-6(12)5-8(11)9(7)14-2/h4-5H,3H2,1-2H3. The van der Waals surface area contributed by atoms with Crippen LogP contribution >= 0.6 is 15.9 Å². The summed E-state index contributed by atoms with van der Waals surface area (Å²) in [5.74, 6) is -0.852. The molecule has 0 spiro atoms. The van der Waals surface area contributed by atoms with Crippen LogP contribution in [0, 0.1) is 5.82 Å². The first-order valence-electron chi connectivity index (χ1n) is 4.30. The summed E-state index contributed by atoms with van der Waals surface area (Å²) in [4.78, 5) is 11.4. The smallest absolute Gasteiger partial charge is 0.342 e. The Labute approximate surface area is 95.3 Å². The van der Waals surface area contributed by atoms with E-state index in [4.69, 9.17) is 9.47 Å². The van der Waals surface area contributed by atoms with Crippen molar-refractivity contribution in [2.45, 2.75) is 6.92 Å². The normalized spacial score (nSPS) is 9.87. The van der Waals surface area contributed by atoms with E-state index in [1.807, 2.05) is 0 Å². The Kier molecular flexibility index (Phi) is 4.08. The summed E-state index contributed by atoms with van der Waals surface area (Å²) in [6.07, 6.45) is 0. The summed E-state index contributed by atoms with van der Waals surface area (Å²) in [6, 6.07) is 2.31. The third kappa shape index (κ3) is 2.68. The van der Waals surface area contributed by atoms with Gasteiger partial charge in [0.05, 0.1) is 18.2 Å². The molecule has 0 aliphatic rings. The van der Waals surface area contributed by atoms with Crippen molar-refractivity contribution < 1.29 is 18.7 Å². The lowest BCUT2D eigenvalue weighted by Gasteiger charge is -2.09. The van der Waals surface area contributed by atoms with Crippen LogP contribution in [-0.2, 0) is 4.74 Å². The minimum atomic E-state index is -0.602. The number of carbonyl (C=O) groups is 1. The molecule has 1 rings (SSSR count). The molecule has 0 amide bonds. The molecule has 15 heavy (non-hydrogen) atoms. The van der Waals surface area contributed by atoms with Crippen molar-refractivity contribution in [3.63, 3.8) is 0 Å². The van der Waals surface area contributed by atoms with Gasteiger partial charge in [-0.3, -0.25) is 0 Å². The fourth-order valence-corrected chi connectivity index (χ4v) is 1.72. The van der Waals surface area contributed by atoms with Gasteiger partial charge in [-0.05, 0) is 35.0 Å². The molecule has 3 nitrogen and oxygen atoms in total. The van der Waals surface area contributed by atoms with Crippen LogP contribution in [-0.4, -0.2) is 19.7 Å². The van der Waals surface area contributed by atoms with Gasteiger partial charge in [0.15, 0.2) is 0 Å². The average Bonchev–Trinajstić information content (AvgIpc) is 2.17. The quantitative estimate of drug-likeness (QED) is 0.797. The Bertz CT molecular complexity index is 379. The lowest BCUT2D eigenvalue weighted by molar-refractivity contribution is 0.0522. The lowest BCUT2D eigenvalue weighted by atomic mass is 10.2. The summed E-state index contributed by atoms with van der Waals surface area (Å²) < 4.78 is 23.2. The number of rotatable bonds is 3. The highest BCUT2D eigenvalue weighted by molar-refractivity contribution is 9.10. The van der Waals surface area contributed by atoms with Crippen molar-refractivity contribution in [3.05, 3.63) is 28.0 Å². The zero-order valence-electron chi connectivity index (χ0n) is 8.34. The fourth-order valence-electron chi connectivity index (χ4n) is 1.13. The van der Waals surface area contributed by atoms with Crippen LogP contribution in [0.4, 0.5) is 4.39 Å². The molecule has 1 aromatic rings. The van der Waals surface area contributed by atoms with Gasteiger partial charge >= 0.3 is 5.97 Å². The van der Waals surface area contributed by atoms with Gasteiger partial charge in [0.1, 0.15) is 17.1 Å². The van der Waals surface area contributed by atoms with Crippen molar-refractivity contribution >= 4 is 21.9 Å². The van der Waals surface area contributed by atoms with Crippen molar-refractivity contribution in [2.24, 2.45) is 0 Å². The van der Waals surface area contributed by atoms with E-state index in [9.17, 15) is 9.18 Å². The molecule has 82 valence electrons. The number of carbonyl (C=O) groups excluding carboxylic acids is 1. The minimum absolute atomic E-state index is 0.0752. The van der Waals surface area contributed by atoms with E-state index in [2.05, 4.69) is 15.9 Å². The van der Waals surface area contributed by atoms with Crippen molar-refractivity contribution in [1.29, 1.82) is 0 Å². The van der Waals surface area contributed by atoms with Crippen molar-refractivity contribution in [1.82, 2.24) is 0 Å². The number of methoxy groups -OCH3 is 1. The van der Waals surface area contributed by atoms with Crippen LogP contribution in [0.3, 0.4) is 0 Å². The zero-order chi connectivity index (χ0) is 11.4. The maximum Gasteiger partial charge on any atom is 0.342 e. The van der Waals surface area contributed by atoms with E-state index in [0.717, 1.165) is 6.07 Å². The second-order valence-corrected chi connectivity index (χ2v) is 3.54. The number of esters is 1. The minimum Gasteiger partial charge on any atom is -0.495 e. The number of benzene rings is 1. The third-order valence-electron chi connectivity index (χ3n) is 1.71. The number of hydrogen-bond donors (Lipinski definition) is 0. The molecule has 0 fully saturated rings. The van der Waals surface area contributed by atoms with Crippen molar-refractivity contribution in [2.75, 3.05) is 13.7 Å². The topological polar surface area (TPSA) is 35.5 Å². The van der Waals surface area contributed by atoms with Crippen LogP contribution in [0.5, 0.6) is 5.75 Å². The van der Waals surface area contributed by atoms with Crippen molar-refractivity contribution in [3.8, 4) is 5.75 Å². The van der Waals surface area contributed by atoms with Gasteiger partial charge in [-0.1, -0.05) is 0 Å². The molecule has 0 N–H and O–H groups in total. The highest BCUT2D eigenvalue weighted by Crippen LogP contribution is 2.30. The zero-order valence-corrected chi connectivity index (χ0v) is 9.93. The summed E-state index contributed by atoms with van der Waals surface area (Å²) in [6.45, 7) is 1.91. The van der Waals surface area contributed by atoms with E-state index in [-0.39, 0.29) is 17.9 Å². The van der Waals surface area contributed by atoms with Gasteiger partial charge < -0.3 is 9.47 Å². The van der Waals surface area contributed by atoms with E-state index in [1.165, 1.54) is 13.2 Å². The highest BCUT2D eigenvalue weighted by Gasteiger charge is 2.17. The molecule has 0 radical (unpaired) electrons. The molecule has 0 saturated carbocycles. The first kappa shape index (κ1) is 12.0. The summed E-state index contributed by atoms with van der Waals surface area (Å²) in [7, 11) is 1.40. The van der Waals surface area contributed by atoms with E-state index in [1.54, 1.807) is 6.92 Å². The molecule has 0 aromatic heterocycles. The van der Waals surface area contributed by atoms with Crippen LogP contribution in [0.25, 0.3) is 0 Å². The molecule has 5 heteroatoms. The van der Waals surface area contributed by atoms with Crippen LogP contribution in [0.1, 0.15) is 17.3 Å². The second kappa shape index (κ2) is 5.11. The highest BCUT2D eigenvalue weighted by atomic mass is 79.9. The Hall–Kier alpha value is -1.10. The predicted octanol–water partition coefficient (Wildman–Crippen LogP) is 2.77. The Balaban J connectivity index is 3.20. The molecule has 0 aliphatic carbocycles. The molecule has 0 saturated heterocycles. The largest absolute Gasteiger partial charge is 0.495 e. The van der Waals surface area contributed by atoms with Gasteiger partial charge in [-0.2, -0.15) is 0 Å². The predicted molar refractivity (Wildman–Crippen MR) is 56.6 cm³/mol. The lowest BCUT2D eigenvalue weighted by Crippen LogP contribution is -2.07. The third-order valence-corrected chi connectivity index (χ3v) is 2.30. The summed E-state index contributed by atoms with van der Waals surface area (Å²) >= 11 is 3.10. The SMILES string of the molecule is CCOC(=O)c1cc(F)cc(Br)c1OC. The fraction of sp³-hybridized carbons (Fsp3) is 0.300. The molecule has 0 bridgehead atoms. The first-order valence-corrected chi connectivity index (χ1v) is 5.09. The molecule has 0 atom stereocenters. The van der Waals surface area contributed by atoms with Crippen LogP contribution in [0.15, 0.2) is 16.6 Å². The Morgan fingerprint density at radius 2 is 2.20 bits per heavy atom. The molecular formula is C10H10BrFO3. The maximum absolute atomic E-state index is 13.1. The van der Waals surface area contributed by atoms with E-state index < -0.39 is 11.8 Å². The average molecular weight is 277 g/mol. The number of hydrogen-bond acceptors (Lipinski definition) is 3. The Morgan fingerprint density at radius 1 is 1.53 bits per heavy atom. The van der Waals surface area contributed by atoms with Gasteiger partial charge in [-0.25, -0.2) is 9.18 Å².